The second kappa shape index (κ2) is 7.96. The van der Waals surface area contributed by atoms with Crippen molar-refractivity contribution in [1.29, 1.82) is 0 Å². The van der Waals surface area contributed by atoms with Gasteiger partial charge in [-0.3, -0.25) is 0 Å². The molecule has 2 nitrogen and oxygen atoms in total. The number of hydrogen-bond donors (Lipinski definition) is 2. The first kappa shape index (κ1) is 15.7. The van der Waals surface area contributed by atoms with Gasteiger partial charge in [-0.2, -0.15) is 0 Å². The van der Waals surface area contributed by atoms with Crippen molar-refractivity contribution in [3.05, 3.63) is 59.7 Å². The van der Waals surface area contributed by atoms with E-state index in [1.165, 1.54) is 35.1 Å². The fourth-order valence-corrected chi connectivity index (χ4v) is 2.45. The Morgan fingerprint density at radius 2 is 1.43 bits per heavy atom. The molecule has 0 radical (unpaired) electrons. The fraction of sp³-hybridized carbons (Fsp3) is 0.368. The molecule has 2 aromatic rings. The number of hydrogen-bond acceptors (Lipinski definition) is 2. The lowest BCUT2D eigenvalue weighted by Gasteiger charge is -2.09. The molecule has 0 aliphatic heterocycles. The first-order chi connectivity index (χ1) is 10.2. The van der Waals surface area contributed by atoms with Crippen molar-refractivity contribution in [2.24, 2.45) is 5.73 Å². The Morgan fingerprint density at radius 1 is 0.905 bits per heavy atom. The predicted octanol–water partition coefficient (Wildman–Crippen LogP) is 3.56. The van der Waals surface area contributed by atoms with E-state index in [0.29, 0.717) is 6.42 Å². The average molecular weight is 283 g/mol. The van der Waals surface area contributed by atoms with Crippen molar-refractivity contribution in [2.75, 3.05) is 6.61 Å². The zero-order valence-corrected chi connectivity index (χ0v) is 12.8. The summed E-state index contributed by atoms with van der Waals surface area (Å²) in [7, 11) is 0. The zero-order valence-electron chi connectivity index (χ0n) is 12.8. The van der Waals surface area contributed by atoms with Gasteiger partial charge in [0, 0.05) is 6.04 Å². The van der Waals surface area contributed by atoms with Crippen LogP contribution in [0.1, 0.15) is 30.9 Å². The average Bonchev–Trinajstić information content (AvgIpc) is 2.54. The van der Waals surface area contributed by atoms with Crippen molar-refractivity contribution < 1.29 is 5.11 Å². The highest BCUT2D eigenvalue weighted by atomic mass is 16.3. The van der Waals surface area contributed by atoms with Crippen molar-refractivity contribution in [1.82, 2.24) is 0 Å². The van der Waals surface area contributed by atoms with E-state index < -0.39 is 0 Å². The van der Waals surface area contributed by atoms with E-state index in [9.17, 15) is 0 Å². The van der Waals surface area contributed by atoms with Gasteiger partial charge in [0.05, 0.1) is 6.61 Å². The van der Waals surface area contributed by atoms with Gasteiger partial charge in [0.2, 0.25) is 0 Å². The third kappa shape index (κ3) is 4.69. The van der Waals surface area contributed by atoms with Crippen molar-refractivity contribution in [3.8, 4) is 11.1 Å². The molecule has 0 amide bonds. The van der Waals surface area contributed by atoms with E-state index in [-0.39, 0.29) is 12.6 Å². The van der Waals surface area contributed by atoms with Gasteiger partial charge in [-0.25, -0.2) is 0 Å². The summed E-state index contributed by atoms with van der Waals surface area (Å²) in [6, 6.07) is 17.1. The van der Waals surface area contributed by atoms with Gasteiger partial charge in [0.1, 0.15) is 0 Å². The van der Waals surface area contributed by atoms with Gasteiger partial charge in [-0.1, -0.05) is 61.9 Å². The smallest absolute Gasteiger partial charge is 0.0585 e. The van der Waals surface area contributed by atoms with Crippen LogP contribution < -0.4 is 5.73 Å². The lowest BCUT2D eigenvalue weighted by atomic mass is 9.99. The van der Waals surface area contributed by atoms with Gasteiger partial charge in [0.15, 0.2) is 0 Å². The van der Waals surface area contributed by atoms with E-state index in [4.69, 9.17) is 10.8 Å². The number of rotatable bonds is 7. The highest BCUT2D eigenvalue weighted by Gasteiger charge is 2.03. The summed E-state index contributed by atoms with van der Waals surface area (Å²) in [5.41, 5.74) is 10.8. The molecule has 0 aromatic heterocycles. The first-order valence-electron chi connectivity index (χ1n) is 7.77. The third-order valence-corrected chi connectivity index (χ3v) is 3.79. The van der Waals surface area contributed by atoms with Crippen LogP contribution in [0.2, 0.25) is 0 Å². The second-order valence-electron chi connectivity index (χ2n) is 5.64. The summed E-state index contributed by atoms with van der Waals surface area (Å²) < 4.78 is 0. The Hall–Kier alpha value is -1.64. The molecule has 0 aliphatic carbocycles. The van der Waals surface area contributed by atoms with Crippen LogP contribution in [0, 0.1) is 0 Å². The predicted molar refractivity (Wildman–Crippen MR) is 89.3 cm³/mol. The highest BCUT2D eigenvalue weighted by molar-refractivity contribution is 5.64. The summed E-state index contributed by atoms with van der Waals surface area (Å²) in [5, 5.41) is 8.99. The number of unbranched alkanes of at least 4 members (excludes halogenated alkanes) is 1. The van der Waals surface area contributed by atoms with Gasteiger partial charge in [-0.05, 0) is 41.5 Å². The van der Waals surface area contributed by atoms with Crippen molar-refractivity contribution >= 4 is 0 Å². The molecule has 0 spiro atoms. The van der Waals surface area contributed by atoms with E-state index >= 15 is 0 Å². The Bertz CT molecular complexity index is 530. The van der Waals surface area contributed by atoms with E-state index in [1.807, 2.05) is 0 Å². The number of aryl methyl sites for hydroxylation is 1. The molecule has 0 heterocycles. The van der Waals surface area contributed by atoms with E-state index in [0.717, 1.165) is 6.42 Å². The maximum Gasteiger partial charge on any atom is 0.0585 e. The zero-order chi connectivity index (χ0) is 15.1. The molecular formula is C19H25NO. The summed E-state index contributed by atoms with van der Waals surface area (Å²) in [5.74, 6) is 0. The number of benzene rings is 2. The Morgan fingerprint density at radius 3 is 1.90 bits per heavy atom. The molecule has 2 aromatic carbocycles. The minimum atomic E-state index is -0.173. The second-order valence-corrected chi connectivity index (χ2v) is 5.64. The monoisotopic (exact) mass is 283 g/mol. The number of aliphatic hydroxyl groups excluding tert-OH is 1. The van der Waals surface area contributed by atoms with Crippen LogP contribution in [-0.2, 0) is 12.8 Å². The standard InChI is InChI=1S/C19H25NO/c1-2-3-4-15-5-9-17(10-6-15)18-11-7-16(8-12-18)13-19(20)14-21/h5-12,19,21H,2-4,13-14,20H2,1H3. The van der Waals surface area contributed by atoms with Crippen LogP contribution in [0.4, 0.5) is 0 Å². The highest BCUT2D eigenvalue weighted by Crippen LogP contribution is 2.21. The van der Waals surface area contributed by atoms with E-state index in [2.05, 4.69) is 55.5 Å². The Kier molecular flexibility index (Phi) is 5.97. The Labute approximate surface area is 127 Å². The minimum absolute atomic E-state index is 0.0287. The molecule has 1 atom stereocenters. The summed E-state index contributed by atoms with van der Waals surface area (Å²) in [6.45, 7) is 2.25. The minimum Gasteiger partial charge on any atom is -0.395 e. The molecule has 0 bridgehead atoms. The van der Waals surface area contributed by atoms with Gasteiger partial charge in [0.25, 0.3) is 0 Å². The maximum absolute atomic E-state index is 8.99. The normalized spacial score (nSPS) is 12.3. The van der Waals surface area contributed by atoms with Gasteiger partial charge >= 0.3 is 0 Å². The molecule has 0 aliphatic rings. The lowest BCUT2D eigenvalue weighted by molar-refractivity contribution is 0.265. The van der Waals surface area contributed by atoms with Crippen LogP contribution >= 0.6 is 0 Å². The molecular weight excluding hydrogens is 258 g/mol. The molecule has 0 saturated heterocycles. The molecule has 3 N–H and O–H groups in total. The van der Waals surface area contributed by atoms with Crippen LogP contribution in [0.3, 0.4) is 0 Å². The third-order valence-electron chi connectivity index (χ3n) is 3.79. The fourth-order valence-electron chi connectivity index (χ4n) is 2.45. The number of nitrogens with two attached hydrogens (primary N) is 1. The molecule has 21 heavy (non-hydrogen) atoms. The largest absolute Gasteiger partial charge is 0.395 e. The molecule has 0 saturated carbocycles. The van der Waals surface area contributed by atoms with Crippen molar-refractivity contribution in [2.45, 2.75) is 38.6 Å². The van der Waals surface area contributed by atoms with E-state index in [1.54, 1.807) is 0 Å². The Balaban J connectivity index is 2.04. The van der Waals surface area contributed by atoms with Crippen LogP contribution in [0.25, 0.3) is 11.1 Å². The van der Waals surface area contributed by atoms with Crippen LogP contribution in [-0.4, -0.2) is 17.8 Å². The van der Waals surface area contributed by atoms with Gasteiger partial charge < -0.3 is 10.8 Å². The van der Waals surface area contributed by atoms with Crippen LogP contribution in [0.5, 0.6) is 0 Å². The summed E-state index contributed by atoms with van der Waals surface area (Å²) >= 11 is 0. The molecule has 2 rings (SSSR count). The summed E-state index contributed by atoms with van der Waals surface area (Å²) in [4.78, 5) is 0. The molecule has 2 heteroatoms. The van der Waals surface area contributed by atoms with Crippen molar-refractivity contribution in [3.63, 3.8) is 0 Å². The summed E-state index contributed by atoms with van der Waals surface area (Å²) in [6.07, 6.45) is 4.36. The first-order valence-corrected chi connectivity index (χ1v) is 7.77. The van der Waals surface area contributed by atoms with Gasteiger partial charge in [-0.15, -0.1) is 0 Å². The molecule has 0 fully saturated rings. The quantitative estimate of drug-likeness (QED) is 0.816. The van der Waals surface area contributed by atoms with Crippen LogP contribution in [0.15, 0.2) is 48.5 Å². The molecule has 112 valence electrons. The maximum atomic E-state index is 8.99. The number of aliphatic hydroxyl groups is 1. The topological polar surface area (TPSA) is 46.2 Å². The lowest BCUT2D eigenvalue weighted by Crippen LogP contribution is -2.26. The molecule has 1 unspecified atom stereocenters. The SMILES string of the molecule is CCCCc1ccc(-c2ccc(CC(N)CO)cc2)cc1.